The molecule has 3 atom stereocenters. The number of hydrogen-bond acceptors (Lipinski definition) is 5. The van der Waals surface area contributed by atoms with Crippen molar-refractivity contribution in [3.63, 3.8) is 0 Å². The topological polar surface area (TPSA) is 68.2 Å². The number of piperidine rings is 2. The number of benzene rings is 1. The molecule has 8 heteroatoms. The highest BCUT2D eigenvalue weighted by Gasteiger charge is 2.44. The Morgan fingerprint density at radius 1 is 1.13 bits per heavy atom. The number of aromatic nitrogens is 3. The minimum atomic E-state index is -0.429. The molecular weight excluding hydrogens is 463 g/mol. The molecule has 0 spiro atoms. The number of ether oxygens (including phenoxy) is 1. The molecule has 1 amide bonds. The zero-order valence-corrected chi connectivity index (χ0v) is 18.2. The second kappa shape index (κ2) is 8.34. The molecule has 2 aromatic heterocycles. The van der Waals surface area contributed by atoms with Crippen molar-refractivity contribution in [1.29, 1.82) is 0 Å². The van der Waals surface area contributed by atoms with Crippen LogP contribution in [0.4, 0.5) is 4.39 Å². The fourth-order valence-corrected chi connectivity index (χ4v) is 4.79. The Bertz CT molecular complexity index is 1100. The smallest absolute Gasteiger partial charge is 0.254 e. The molecule has 6 nitrogen and oxygen atoms in total. The molecule has 2 bridgehead atoms. The number of hydrogen-bond donors (Lipinski definition) is 0. The lowest BCUT2D eigenvalue weighted by molar-refractivity contribution is -0.0313. The van der Waals surface area contributed by atoms with Gasteiger partial charge in [-0.1, -0.05) is 0 Å². The molecule has 31 heavy (non-hydrogen) atoms. The van der Waals surface area contributed by atoms with E-state index < -0.39 is 5.82 Å². The van der Waals surface area contributed by atoms with Crippen LogP contribution >= 0.6 is 15.9 Å². The first-order valence-corrected chi connectivity index (χ1v) is 11.0. The van der Waals surface area contributed by atoms with Gasteiger partial charge in [-0.2, -0.15) is 0 Å². The zero-order chi connectivity index (χ0) is 21.4. The Kier molecular flexibility index (Phi) is 5.40. The second-order valence-electron chi connectivity index (χ2n) is 7.94. The average molecular weight is 483 g/mol. The summed E-state index contributed by atoms with van der Waals surface area (Å²) in [4.78, 5) is 28.2. The van der Waals surface area contributed by atoms with E-state index in [2.05, 4.69) is 30.9 Å². The van der Waals surface area contributed by atoms with Crippen molar-refractivity contribution in [2.75, 3.05) is 6.54 Å². The van der Waals surface area contributed by atoms with Crippen LogP contribution in [-0.2, 0) is 0 Å². The van der Waals surface area contributed by atoms with Crippen molar-refractivity contribution in [2.24, 2.45) is 5.92 Å². The Morgan fingerprint density at radius 2 is 1.97 bits per heavy atom. The van der Waals surface area contributed by atoms with Crippen LogP contribution in [0, 0.1) is 11.7 Å². The third-order valence-electron chi connectivity index (χ3n) is 5.97. The van der Waals surface area contributed by atoms with Gasteiger partial charge in [-0.15, -0.1) is 0 Å². The number of rotatable bonds is 4. The minimum absolute atomic E-state index is 0.0578. The first-order chi connectivity index (χ1) is 15.1. The van der Waals surface area contributed by atoms with Gasteiger partial charge in [-0.05, 0) is 71.4 Å². The van der Waals surface area contributed by atoms with Gasteiger partial charge in [0.15, 0.2) is 5.82 Å². The van der Waals surface area contributed by atoms with Gasteiger partial charge < -0.3 is 9.64 Å². The van der Waals surface area contributed by atoms with Gasteiger partial charge in [0.05, 0.1) is 11.6 Å². The van der Waals surface area contributed by atoms with Gasteiger partial charge in [0.1, 0.15) is 11.9 Å². The van der Waals surface area contributed by atoms with Crippen molar-refractivity contribution in [3.8, 4) is 17.3 Å². The van der Waals surface area contributed by atoms with Crippen LogP contribution in [0.15, 0.2) is 59.5 Å². The van der Waals surface area contributed by atoms with Crippen LogP contribution < -0.4 is 4.74 Å². The lowest BCUT2D eigenvalue weighted by atomic mass is 9.77. The summed E-state index contributed by atoms with van der Waals surface area (Å²) < 4.78 is 21.1. The fraction of sp³-hybridized carbons (Fsp3) is 0.304. The van der Waals surface area contributed by atoms with E-state index in [1.165, 1.54) is 18.2 Å². The molecule has 0 unspecified atom stereocenters. The summed E-state index contributed by atoms with van der Waals surface area (Å²) in [6.45, 7) is 0.670. The number of amides is 1. The summed E-state index contributed by atoms with van der Waals surface area (Å²) in [5.74, 6) is 0.676. The first-order valence-electron chi connectivity index (χ1n) is 10.2. The molecule has 4 heterocycles. The molecule has 6 rings (SSSR count). The van der Waals surface area contributed by atoms with Gasteiger partial charge in [0.25, 0.3) is 5.91 Å². The normalized spacial score (nSPS) is 22.4. The number of fused-ring (bicyclic) bond motifs is 3. The Morgan fingerprint density at radius 3 is 2.71 bits per heavy atom. The molecule has 3 aromatic rings. The highest BCUT2D eigenvalue weighted by molar-refractivity contribution is 9.10. The van der Waals surface area contributed by atoms with E-state index in [1.54, 1.807) is 24.7 Å². The quantitative estimate of drug-likeness (QED) is 0.546. The fourth-order valence-electron chi connectivity index (χ4n) is 4.56. The standard InChI is InChI=1S/C23H20BrFN4O2/c24-15-3-7-21(28-12-15)31-20-10-14-2-6-19(20)29(13-14)23(30)17-5-4-16(25)11-18(17)22-26-8-1-9-27-22/h1,3-5,7-9,11-12,14,19-20H,2,6,10,13H2/t14-,19+,20-/m1/s1. The van der Waals surface area contributed by atoms with Crippen molar-refractivity contribution in [3.05, 3.63) is 70.8 Å². The number of carbonyl (C=O) groups excluding carboxylic acids is 1. The van der Waals surface area contributed by atoms with E-state index in [1.807, 2.05) is 17.0 Å². The van der Waals surface area contributed by atoms with Crippen LogP contribution in [-0.4, -0.2) is 44.4 Å². The van der Waals surface area contributed by atoms with E-state index >= 15 is 0 Å². The van der Waals surface area contributed by atoms with E-state index in [4.69, 9.17) is 4.74 Å². The van der Waals surface area contributed by atoms with Crippen LogP contribution in [0.25, 0.3) is 11.4 Å². The molecule has 1 aliphatic carbocycles. The molecule has 3 aliphatic rings. The summed E-state index contributed by atoms with van der Waals surface area (Å²) >= 11 is 3.38. The Balaban J connectivity index is 1.44. The van der Waals surface area contributed by atoms with Gasteiger partial charge in [0, 0.05) is 41.2 Å². The summed E-state index contributed by atoms with van der Waals surface area (Å²) in [7, 11) is 0. The van der Waals surface area contributed by atoms with E-state index in [-0.39, 0.29) is 18.1 Å². The van der Waals surface area contributed by atoms with Crippen LogP contribution in [0.3, 0.4) is 0 Å². The van der Waals surface area contributed by atoms with E-state index in [0.717, 1.165) is 23.7 Å². The van der Waals surface area contributed by atoms with Crippen molar-refractivity contribution >= 4 is 21.8 Å². The second-order valence-corrected chi connectivity index (χ2v) is 8.85. The number of carbonyl (C=O) groups is 1. The van der Waals surface area contributed by atoms with Crippen molar-refractivity contribution in [2.45, 2.75) is 31.4 Å². The molecule has 3 fully saturated rings. The average Bonchev–Trinajstić information content (AvgIpc) is 2.81. The van der Waals surface area contributed by atoms with Gasteiger partial charge in [-0.3, -0.25) is 4.79 Å². The van der Waals surface area contributed by atoms with Gasteiger partial charge in [-0.25, -0.2) is 19.3 Å². The number of halogens is 2. The molecule has 158 valence electrons. The monoisotopic (exact) mass is 482 g/mol. The highest BCUT2D eigenvalue weighted by Crippen LogP contribution is 2.38. The van der Waals surface area contributed by atoms with E-state index in [0.29, 0.717) is 35.3 Å². The Labute approximate surface area is 187 Å². The van der Waals surface area contributed by atoms with Crippen LogP contribution in [0.1, 0.15) is 29.6 Å². The third-order valence-corrected chi connectivity index (χ3v) is 6.44. The number of pyridine rings is 1. The molecule has 2 saturated heterocycles. The lowest BCUT2D eigenvalue weighted by Gasteiger charge is -2.49. The first kappa shape index (κ1) is 20.1. The van der Waals surface area contributed by atoms with Crippen molar-refractivity contribution in [1.82, 2.24) is 19.9 Å². The highest BCUT2D eigenvalue weighted by atomic mass is 79.9. The van der Waals surface area contributed by atoms with E-state index in [9.17, 15) is 9.18 Å². The molecule has 1 saturated carbocycles. The maximum absolute atomic E-state index is 14.0. The zero-order valence-electron chi connectivity index (χ0n) is 16.6. The SMILES string of the molecule is O=C(c1ccc(F)cc1-c1ncccn1)N1C[C@@H]2CC[C@H]1[C@H](Oc1ccc(Br)cn1)C2. The van der Waals surface area contributed by atoms with Gasteiger partial charge >= 0.3 is 0 Å². The maximum atomic E-state index is 14.0. The Hall–Kier alpha value is -2.87. The molecule has 1 aromatic carbocycles. The molecule has 0 radical (unpaired) electrons. The third kappa shape index (κ3) is 4.04. The molecular formula is C23H20BrFN4O2. The largest absolute Gasteiger partial charge is 0.472 e. The predicted octanol–water partition coefficient (Wildman–Crippen LogP) is 4.51. The van der Waals surface area contributed by atoms with Crippen LogP contribution in [0.5, 0.6) is 5.88 Å². The summed E-state index contributed by atoms with van der Waals surface area (Å²) in [6.07, 6.45) is 7.57. The molecule has 2 aliphatic heterocycles. The summed E-state index contributed by atoms with van der Waals surface area (Å²) in [5.41, 5.74) is 0.805. The summed E-state index contributed by atoms with van der Waals surface area (Å²) in [5, 5.41) is 0. The van der Waals surface area contributed by atoms with Crippen molar-refractivity contribution < 1.29 is 13.9 Å². The van der Waals surface area contributed by atoms with Crippen LogP contribution in [0.2, 0.25) is 0 Å². The molecule has 0 N–H and O–H groups in total. The summed E-state index contributed by atoms with van der Waals surface area (Å²) in [6, 6.07) is 9.49. The minimum Gasteiger partial charge on any atom is -0.472 e. The lowest BCUT2D eigenvalue weighted by Crippen LogP contribution is -2.59. The predicted molar refractivity (Wildman–Crippen MR) is 116 cm³/mol. The maximum Gasteiger partial charge on any atom is 0.254 e. The van der Waals surface area contributed by atoms with Gasteiger partial charge in [0.2, 0.25) is 5.88 Å². The number of nitrogens with zero attached hydrogens (tertiary/aromatic N) is 4.